The molecule has 0 spiro atoms. The highest BCUT2D eigenvalue weighted by Gasteiger charge is 2.05. The average Bonchev–Trinajstić information content (AvgIpc) is 2.88. The van der Waals surface area contributed by atoms with Crippen molar-refractivity contribution < 1.29 is 0 Å². The van der Waals surface area contributed by atoms with Gasteiger partial charge < -0.3 is 5.32 Å². The molecule has 1 heterocycles. The van der Waals surface area contributed by atoms with Gasteiger partial charge in [-0.1, -0.05) is 35.9 Å². The average molecular weight is 270 g/mol. The van der Waals surface area contributed by atoms with Gasteiger partial charge in [-0.05, 0) is 30.3 Å². The molecule has 0 unspecified atom stereocenters. The minimum Gasteiger partial charge on any atom is -0.325 e. The van der Waals surface area contributed by atoms with Crippen LogP contribution in [0.25, 0.3) is 5.69 Å². The number of nitrogens with one attached hydrogen (secondary N) is 1. The molecular formula is C15H12ClN3. The number of nitrogens with zero attached hydrogens (tertiary/aromatic N) is 2. The molecule has 0 amide bonds. The van der Waals surface area contributed by atoms with Crippen LogP contribution in [0, 0.1) is 0 Å². The van der Waals surface area contributed by atoms with Crippen molar-refractivity contribution in [1.29, 1.82) is 0 Å². The van der Waals surface area contributed by atoms with Crippen LogP contribution >= 0.6 is 11.6 Å². The van der Waals surface area contributed by atoms with Gasteiger partial charge in [0, 0.05) is 28.8 Å². The molecular weight excluding hydrogens is 258 g/mol. The van der Waals surface area contributed by atoms with Crippen LogP contribution in [0.4, 0.5) is 11.6 Å². The number of anilines is 2. The van der Waals surface area contributed by atoms with Crippen molar-refractivity contribution >= 4 is 23.2 Å². The van der Waals surface area contributed by atoms with Crippen LogP contribution in [0.1, 0.15) is 0 Å². The lowest BCUT2D eigenvalue weighted by Gasteiger charge is -2.10. The normalized spacial score (nSPS) is 10.4. The summed E-state index contributed by atoms with van der Waals surface area (Å²) in [5.74, 6) is 0.758. The molecule has 0 fully saturated rings. The van der Waals surface area contributed by atoms with E-state index in [-0.39, 0.29) is 0 Å². The summed E-state index contributed by atoms with van der Waals surface area (Å²) in [7, 11) is 0. The Labute approximate surface area is 116 Å². The first-order chi connectivity index (χ1) is 9.33. The Hall–Kier alpha value is -2.26. The van der Waals surface area contributed by atoms with E-state index in [9.17, 15) is 0 Å². The molecule has 94 valence electrons. The molecule has 4 heteroatoms. The Balaban J connectivity index is 1.95. The standard InChI is InChI=1S/C15H12ClN3/c16-12-5-4-8-14(11-12)19-10-9-17-15(19)18-13-6-2-1-3-7-13/h1-11H,(H,17,18). The number of hydrogen-bond acceptors (Lipinski definition) is 2. The number of benzene rings is 2. The highest BCUT2D eigenvalue weighted by Crippen LogP contribution is 2.21. The van der Waals surface area contributed by atoms with E-state index in [1.165, 1.54) is 0 Å². The molecule has 3 rings (SSSR count). The van der Waals surface area contributed by atoms with Gasteiger partial charge >= 0.3 is 0 Å². The number of imidazole rings is 1. The SMILES string of the molecule is Clc1cccc(-n2ccnc2Nc2ccccc2)c1. The molecule has 0 radical (unpaired) electrons. The van der Waals surface area contributed by atoms with Crippen LogP contribution in [0.2, 0.25) is 5.02 Å². The van der Waals surface area contributed by atoms with Crippen molar-refractivity contribution in [3.05, 3.63) is 72.0 Å². The van der Waals surface area contributed by atoms with Crippen LogP contribution in [-0.2, 0) is 0 Å². The van der Waals surface area contributed by atoms with Gasteiger partial charge in [-0.25, -0.2) is 4.98 Å². The third-order valence-corrected chi connectivity index (χ3v) is 2.99. The summed E-state index contributed by atoms with van der Waals surface area (Å²) in [5, 5.41) is 3.98. The van der Waals surface area contributed by atoms with Crippen LogP contribution in [0.15, 0.2) is 67.0 Å². The fourth-order valence-electron chi connectivity index (χ4n) is 1.88. The molecule has 3 nitrogen and oxygen atoms in total. The lowest BCUT2D eigenvalue weighted by Crippen LogP contribution is -2.00. The molecule has 0 aliphatic carbocycles. The van der Waals surface area contributed by atoms with E-state index in [0.717, 1.165) is 17.3 Å². The van der Waals surface area contributed by atoms with Crippen molar-refractivity contribution in [3.8, 4) is 5.69 Å². The van der Waals surface area contributed by atoms with Gasteiger partial charge in [0.2, 0.25) is 5.95 Å². The van der Waals surface area contributed by atoms with Crippen molar-refractivity contribution in [1.82, 2.24) is 9.55 Å². The van der Waals surface area contributed by atoms with Crippen LogP contribution in [-0.4, -0.2) is 9.55 Å². The zero-order valence-corrected chi connectivity index (χ0v) is 10.9. The molecule has 0 saturated heterocycles. The molecule has 1 N–H and O–H groups in total. The summed E-state index contributed by atoms with van der Waals surface area (Å²) < 4.78 is 1.96. The molecule has 1 aromatic heterocycles. The first kappa shape index (κ1) is 11.8. The highest BCUT2D eigenvalue weighted by molar-refractivity contribution is 6.30. The third-order valence-electron chi connectivity index (χ3n) is 2.76. The molecule has 0 aliphatic rings. The number of rotatable bonds is 3. The zero-order valence-electron chi connectivity index (χ0n) is 10.1. The van der Waals surface area contributed by atoms with Gasteiger partial charge in [0.05, 0.1) is 0 Å². The maximum absolute atomic E-state index is 6.02. The third kappa shape index (κ3) is 2.61. The number of halogens is 1. The van der Waals surface area contributed by atoms with Crippen molar-refractivity contribution in [2.24, 2.45) is 0 Å². The maximum Gasteiger partial charge on any atom is 0.212 e. The van der Waals surface area contributed by atoms with Crippen LogP contribution in [0.3, 0.4) is 0 Å². The highest BCUT2D eigenvalue weighted by atomic mass is 35.5. The van der Waals surface area contributed by atoms with E-state index in [0.29, 0.717) is 5.02 Å². The van der Waals surface area contributed by atoms with Gasteiger partial charge in [-0.2, -0.15) is 0 Å². The Morgan fingerprint density at radius 2 is 1.84 bits per heavy atom. The molecule has 3 aromatic rings. The minimum atomic E-state index is 0.705. The van der Waals surface area contributed by atoms with Crippen molar-refractivity contribution in [2.75, 3.05) is 5.32 Å². The lowest BCUT2D eigenvalue weighted by atomic mass is 10.3. The van der Waals surface area contributed by atoms with Crippen molar-refractivity contribution in [2.45, 2.75) is 0 Å². The van der Waals surface area contributed by atoms with Crippen molar-refractivity contribution in [3.63, 3.8) is 0 Å². The summed E-state index contributed by atoms with van der Waals surface area (Å²) in [6.45, 7) is 0. The van der Waals surface area contributed by atoms with Crippen LogP contribution < -0.4 is 5.32 Å². The summed E-state index contributed by atoms with van der Waals surface area (Å²) in [6.07, 6.45) is 3.66. The first-order valence-corrected chi connectivity index (χ1v) is 6.32. The smallest absolute Gasteiger partial charge is 0.212 e. The fourth-order valence-corrected chi connectivity index (χ4v) is 2.07. The Morgan fingerprint density at radius 3 is 2.63 bits per heavy atom. The van der Waals surface area contributed by atoms with Gasteiger partial charge in [0.1, 0.15) is 0 Å². The van der Waals surface area contributed by atoms with E-state index < -0.39 is 0 Å². The van der Waals surface area contributed by atoms with Gasteiger partial charge in [0.15, 0.2) is 0 Å². The summed E-state index contributed by atoms with van der Waals surface area (Å²) in [6, 6.07) is 17.6. The Bertz CT molecular complexity index is 677. The van der Waals surface area contributed by atoms with Gasteiger partial charge in [0.25, 0.3) is 0 Å². The Morgan fingerprint density at radius 1 is 1.00 bits per heavy atom. The number of hydrogen-bond donors (Lipinski definition) is 1. The molecule has 0 aliphatic heterocycles. The second-order valence-corrected chi connectivity index (χ2v) is 4.53. The van der Waals surface area contributed by atoms with Gasteiger partial charge in [-0.15, -0.1) is 0 Å². The largest absolute Gasteiger partial charge is 0.325 e. The maximum atomic E-state index is 6.02. The molecule has 0 saturated carbocycles. The zero-order chi connectivity index (χ0) is 13.1. The van der Waals surface area contributed by atoms with E-state index in [1.807, 2.05) is 65.4 Å². The minimum absolute atomic E-state index is 0.705. The molecule has 0 bridgehead atoms. The molecule has 2 aromatic carbocycles. The first-order valence-electron chi connectivity index (χ1n) is 5.94. The van der Waals surface area contributed by atoms with E-state index in [1.54, 1.807) is 6.20 Å². The Kier molecular flexibility index (Phi) is 3.21. The predicted octanol–water partition coefficient (Wildman–Crippen LogP) is 4.27. The monoisotopic (exact) mass is 269 g/mol. The molecule has 19 heavy (non-hydrogen) atoms. The predicted molar refractivity (Wildman–Crippen MR) is 78.3 cm³/mol. The van der Waals surface area contributed by atoms with Crippen LogP contribution in [0.5, 0.6) is 0 Å². The van der Waals surface area contributed by atoms with Gasteiger partial charge in [-0.3, -0.25) is 4.57 Å². The summed E-state index contributed by atoms with van der Waals surface area (Å²) in [5.41, 5.74) is 1.97. The van der Waals surface area contributed by atoms with E-state index >= 15 is 0 Å². The summed E-state index contributed by atoms with van der Waals surface area (Å²) in [4.78, 5) is 4.33. The second-order valence-electron chi connectivity index (χ2n) is 4.09. The number of para-hydroxylation sites is 1. The molecule has 0 atom stereocenters. The fraction of sp³-hybridized carbons (Fsp3) is 0. The van der Waals surface area contributed by atoms with E-state index in [2.05, 4.69) is 10.3 Å². The number of aromatic nitrogens is 2. The quantitative estimate of drug-likeness (QED) is 0.769. The second kappa shape index (κ2) is 5.16. The summed E-state index contributed by atoms with van der Waals surface area (Å²) >= 11 is 6.02. The topological polar surface area (TPSA) is 29.9 Å². The lowest BCUT2D eigenvalue weighted by molar-refractivity contribution is 1.06. The van der Waals surface area contributed by atoms with E-state index in [4.69, 9.17) is 11.6 Å².